The van der Waals surface area contributed by atoms with E-state index in [2.05, 4.69) is 4.98 Å². The smallest absolute Gasteiger partial charge is 0.331 e. The molecule has 0 saturated carbocycles. The number of hydrogen-bond acceptors (Lipinski definition) is 10. The lowest BCUT2D eigenvalue weighted by Gasteiger charge is -2.36. The second-order valence-electron chi connectivity index (χ2n) is 8.50. The zero-order chi connectivity index (χ0) is 23.7. The summed E-state index contributed by atoms with van der Waals surface area (Å²) in [6, 6.07) is 1.20. The lowest BCUT2D eigenvalue weighted by Crippen LogP contribution is -2.52. The summed E-state index contributed by atoms with van der Waals surface area (Å²) in [6.45, 7) is 4.99. The van der Waals surface area contributed by atoms with Gasteiger partial charge in [-0.2, -0.15) is 0 Å². The Bertz CT molecular complexity index is 989. The number of fused-ring (bicyclic) bond motifs is 1. The van der Waals surface area contributed by atoms with E-state index >= 15 is 0 Å². The molecule has 1 unspecified atom stereocenters. The zero-order valence-electron chi connectivity index (χ0n) is 18.5. The number of nitrogens with one attached hydrogen (secondary N) is 1. The van der Waals surface area contributed by atoms with Crippen LogP contribution in [0.5, 0.6) is 0 Å². The van der Waals surface area contributed by atoms with E-state index in [0.717, 1.165) is 0 Å². The van der Waals surface area contributed by atoms with Crippen LogP contribution in [0.2, 0.25) is 0 Å². The van der Waals surface area contributed by atoms with Crippen LogP contribution in [0.25, 0.3) is 0 Å². The van der Waals surface area contributed by atoms with Gasteiger partial charge in [0, 0.05) is 25.3 Å². The molecule has 0 aliphatic carbocycles. The molecule has 0 radical (unpaired) electrons. The first kappa shape index (κ1) is 24.8. The molecule has 3 rings (SSSR count). The van der Waals surface area contributed by atoms with E-state index in [-0.39, 0.29) is 31.9 Å². The van der Waals surface area contributed by atoms with Gasteiger partial charge < -0.3 is 29.0 Å². The van der Waals surface area contributed by atoms with Crippen LogP contribution >= 0.6 is 7.60 Å². The number of aromatic amines is 1. The molecule has 12 nitrogen and oxygen atoms in total. The standard InChI is InChI=1S/C19H30N3O9P/c1-11(2)30-16(24)7-12(27-4)8-28-32(26)10-13-14(9-29-32)31-17(19(13,3)20)22-6-5-15(23)21-18(22)25/h5-6,11-14,17H,7-10,20H2,1-4H3,(H,21,23,25)/t12-,13+,14+,17+,19+,32?/m0/s1. The van der Waals surface area contributed by atoms with Crippen LogP contribution in [0, 0.1) is 5.92 Å². The Morgan fingerprint density at radius 3 is 2.78 bits per heavy atom. The number of rotatable bonds is 8. The number of esters is 1. The molecule has 1 aromatic heterocycles. The number of ether oxygens (including phenoxy) is 3. The fraction of sp³-hybridized carbons (Fsp3) is 0.737. The minimum Gasteiger partial charge on any atom is -0.463 e. The van der Waals surface area contributed by atoms with Gasteiger partial charge in [-0.3, -0.25) is 23.7 Å². The molecule has 2 aliphatic heterocycles. The van der Waals surface area contributed by atoms with Crippen LogP contribution in [-0.2, 0) is 32.6 Å². The molecule has 0 amide bonds. The number of H-pyrrole nitrogens is 1. The fourth-order valence-electron chi connectivity index (χ4n) is 3.91. The SMILES string of the molecule is CO[C@H](COP1(=O)C[C@@H]2[C@@H](CO1)O[C@@H](n1ccc(=O)[nH]c1=O)[C@]2(C)N)CC(=O)OC(C)C. The van der Waals surface area contributed by atoms with Gasteiger partial charge in [-0.1, -0.05) is 0 Å². The van der Waals surface area contributed by atoms with E-state index in [1.165, 1.54) is 23.9 Å². The highest BCUT2D eigenvalue weighted by Crippen LogP contribution is 2.58. The molecule has 0 bridgehead atoms. The zero-order valence-corrected chi connectivity index (χ0v) is 19.4. The number of carbonyl (C=O) groups is 1. The van der Waals surface area contributed by atoms with Crippen molar-refractivity contribution in [2.45, 2.75) is 57.3 Å². The Labute approximate surface area is 184 Å². The molecule has 32 heavy (non-hydrogen) atoms. The van der Waals surface area contributed by atoms with Crippen molar-refractivity contribution in [1.82, 2.24) is 9.55 Å². The van der Waals surface area contributed by atoms with Crippen molar-refractivity contribution in [3.63, 3.8) is 0 Å². The number of methoxy groups -OCH3 is 1. The maximum atomic E-state index is 13.3. The molecule has 2 saturated heterocycles. The van der Waals surface area contributed by atoms with Crippen molar-refractivity contribution >= 4 is 13.6 Å². The van der Waals surface area contributed by atoms with Gasteiger partial charge >= 0.3 is 19.3 Å². The third-order valence-corrected chi connectivity index (χ3v) is 7.52. The number of nitrogens with zero attached hydrogens (tertiary/aromatic N) is 1. The van der Waals surface area contributed by atoms with Gasteiger partial charge in [0.1, 0.15) is 0 Å². The highest BCUT2D eigenvalue weighted by molar-refractivity contribution is 7.53. The second kappa shape index (κ2) is 9.58. The van der Waals surface area contributed by atoms with Crippen LogP contribution in [-0.4, -0.2) is 65.9 Å². The summed E-state index contributed by atoms with van der Waals surface area (Å²) in [5.41, 5.74) is 4.24. The molecule has 2 fully saturated rings. The second-order valence-corrected chi connectivity index (χ2v) is 10.6. The van der Waals surface area contributed by atoms with Gasteiger partial charge in [0.2, 0.25) is 0 Å². The molecular weight excluding hydrogens is 445 g/mol. The summed E-state index contributed by atoms with van der Waals surface area (Å²) in [5, 5.41) is 0. The van der Waals surface area contributed by atoms with Crippen LogP contribution in [0.1, 0.15) is 33.4 Å². The predicted molar refractivity (Wildman–Crippen MR) is 112 cm³/mol. The van der Waals surface area contributed by atoms with Crippen LogP contribution in [0.4, 0.5) is 0 Å². The molecule has 0 aromatic carbocycles. The van der Waals surface area contributed by atoms with Gasteiger partial charge in [-0.25, -0.2) is 4.79 Å². The summed E-state index contributed by atoms with van der Waals surface area (Å²) in [6.07, 6.45) is -1.12. The lowest BCUT2D eigenvalue weighted by atomic mass is 9.85. The minimum atomic E-state index is -3.58. The van der Waals surface area contributed by atoms with Gasteiger partial charge in [0.05, 0.1) is 49.6 Å². The summed E-state index contributed by atoms with van der Waals surface area (Å²) in [4.78, 5) is 37.6. The van der Waals surface area contributed by atoms with Crippen LogP contribution < -0.4 is 17.0 Å². The molecule has 6 atom stereocenters. The van der Waals surface area contributed by atoms with E-state index in [0.29, 0.717) is 0 Å². The highest BCUT2D eigenvalue weighted by Gasteiger charge is 2.57. The topological polar surface area (TPSA) is 161 Å². The van der Waals surface area contributed by atoms with E-state index < -0.39 is 54.7 Å². The van der Waals surface area contributed by atoms with Crippen molar-refractivity contribution in [3.05, 3.63) is 33.1 Å². The molecule has 3 N–H and O–H groups in total. The Balaban J connectivity index is 1.68. The average Bonchev–Trinajstić information content (AvgIpc) is 2.95. The average molecular weight is 475 g/mol. The van der Waals surface area contributed by atoms with Crippen molar-refractivity contribution in [3.8, 4) is 0 Å². The minimum absolute atomic E-state index is 0.0356. The molecule has 180 valence electrons. The normalized spacial score (nSPS) is 33.1. The first-order chi connectivity index (χ1) is 14.9. The highest BCUT2D eigenvalue weighted by atomic mass is 31.2. The summed E-state index contributed by atoms with van der Waals surface area (Å²) in [7, 11) is -2.16. The van der Waals surface area contributed by atoms with Gasteiger partial charge in [0.25, 0.3) is 5.56 Å². The summed E-state index contributed by atoms with van der Waals surface area (Å²) in [5.74, 6) is -0.899. The third kappa shape index (κ3) is 5.38. The van der Waals surface area contributed by atoms with E-state index in [1.807, 2.05) is 0 Å². The molecule has 1 aromatic rings. The first-order valence-electron chi connectivity index (χ1n) is 10.3. The molecule has 2 aliphatic rings. The largest absolute Gasteiger partial charge is 0.463 e. The van der Waals surface area contributed by atoms with Gasteiger partial charge in [-0.15, -0.1) is 0 Å². The van der Waals surface area contributed by atoms with Crippen molar-refractivity contribution in [2.24, 2.45) is 11.7 Å². The number of aromatic nitrogens is 2. The van der Waals surface area contributed by atoms with E-state index in [4.69, 9.17) is 29.0 Å². The van der Waals surface area contributed by atoms with E-state index in [1.54, 1.807) is 20.8 Å². The first-order valence-corrected chi connectivity index (χ1v) is 12.0. The van der Waals surface area contributed by atoms with Crippen molar-refractivity contribution < 1.29 is 32.6 Å². The number of hydrogen-bond donors (Lipinski definition) is 2. The van der Waals surface area contributed by atoms with Gasteiger partial charge in [0.15, 0.2) is 6.23 Å². The fourth-order valence-corrected chi connectivity index (χ4v) is 6.08. The maximum Gasteiger partial charge on any atom is 0.331 e. The number of carbonyl (C=O) groups excluding carboxylic acids is 1. The Morgan fingerprint density at radius 1 is 1.44 bits per heavy atom. The summed E-state index contributed by atoms with van der Waals surface area (Å²) >= 11 is 0. The van der Waals surface area contributed by atoms with Crippen molar-refractivity contribution in [2.75, 3.05) is 26.5 Å². The Morgan fingerprint density at radius 2 is 2.16 bits per heavy atom. The van der Waals surface area contributed by atoms with Gasteiger partial charge in [-0.05, 0) is 20.8 Å². The molecule has 0 spiro atoms. The van der Waals surface area contributed by atoms with Crippen molar-refractivity contribution in [1.29, 1.82) is 0 Å². The van der Waals surface area contributed by atoms with E-state index in [9.17, 15) is 18.9 Å². The van der Waals surface area contributed by atoms with Crippen LogP contribution in [0.3, 0.4) is 0 Å². The lowest BCUT2D eigenvalue weighted by molar-refractivity contribution is -0.150. The molecule has 13 heteroatoms. The third-order valence-electron chi connectivity index (χ3n) is 5.60. The quantitative estimate of drug-likeness (QED) is 0.397. The monoisotopic (exact) mass is 475 g/mol. The van der Waals surface area contributed by atoms with Crippen LogP contribution in [0.15, 0.2) is 21.9 Å². The molecule has 3 heterocycles. The predicted octanol–water partition coefficient (Wildman–Crippen LogP) is 0.364. The Kier molecular flexibility index (Phi) is 7.43. The summed E-state index contributed by atoms with van der Waals surface area (Å²) < 4.78 is 41.8. The Hall–Kier alpha value is -1.82. The maximum absolute atomic E-state index is 13.3. The molecular formula is C19H30N3O9P. The number of nitrogens with two attached hydrogens (primary N) is 1.